The number of ether oxygens (including phenoxy) is 8. The number of methoxy groups -OCH3 is 1. The van der Waals surface area contributed by atoms with E-state index < -0.39 is 0 Å². The van der Waals surface area contributed by atoms with Gasteiger partial charge in [-0.15, -0.1) is 0 Å². The standard InChI is InChI=1S/C27H55N3O10/c1-4-25(23-24(2)26(31)29-6-5-28)27(32)30-7-8-34-11-12-36-15-16-38-19-20-40-22-21-39-18-17-37-14-13-35-10-9-33-3/h24-25H,4-23,28H2,1-3H3,(H,29,31)(H,30,32)/p+1. The van der Waals surface area contributed by atoms with Crippen molar-refractivity contribution in [2.75, 3.05) is 126 Å². The predicted octanol–water partition coefficient (Wildman–Crippen LogP) is -0.724. The van der Waals surface area contributed by atoms with Crippen LogP contribution in [0.3, 0.4) is 0 Å². The van der Waals surface area contributed by atoms with Crippen LogP contribution in [0.15, 0.2) is 0 Å². The summed E-state index contributed by atoms with van der Waals surface area (Å²) in [5.41, 5.74) is 3.71. The number of carbonyl (C=O) groups excluding carboxylic acids is 2. The monoisotopic (exact) mass is 582 g/mol. The molecule has 0 aliphatic rings. The summed E-state index contributed by atoms with van der Waals surface area (Å²) in [6, 6.07) is 0. The second-order valence-corrected chi connectivity index (χ2v) is 8.96. The predicted molar refractivity (Wildman–Crippen MR) is 149 cm³/mol. The van der Waals surface area contributed by atoms with Gasteiger partial charge in [-0.05, 0) is 12.8 Å². The van der Waals surface area contributed by atoms with E-state index in [0.29, 0.717) is 132 Å². The molecule has 0 bridgehead atoms. The number of hydrogen-bond donors (Lipinski definition) is 3. The van der Waals surface area contributed by atoms with E-state index in [-0.39, 0.29) is 23.7 Å². The van der Waals surface area contributed by atoms with Gasteiger partial charge in [-0.3, -0.25) is 9.59 Å². The Hall–Kier alpha value is -1.42. The zero-order valence-electron chi connectivity index (χ0n) is 25.1. The molecule has 0 aliphatic carbocycles. The quantitative estimate of drug-likeness (QED) is 0.0890. The second-order valence-electron chi connectivity index (χ2n) is 8.96. The highest BCUT2D eigenvalue weighted by Gasteiger charge is 2.22. The number of amides is 2. The van der Waals surface area contributed by atoms with Gasteiger partial charge in [0.05, 0.1) is 112 Å². The van der Waals surface area contributed by atoms with Crippen LogP contribution in [-0.4, -0.2) is 138 Å². The Morgan fingerprint density at radius 3 is 1.35 bits per heavy atom. The van der Waals surface area contributed by atoms with Gasteiger partial charge in [-0.25, -0.2) is 0 Å². The van der Waals surface area contributed by atoms with Crippen molar-refractivity contribution < 1.29 is 53.2 Å². The Bertz CT molecular complexity index is 575. The molecular formula is C27H56N3O10+. The molecular weight excluding hydrogens is 526 g/mol. The molecule has 0 saturated carbocycles. The normalized spacial score (nSPS) is 12.8. The zero-order valence-corrected chi connectivity index (χ0v) is 25.1. The van der Waals surface area contributed by atoms with Gasteiger partial charge < -0.3 is 54.3 Å². The van der Waals surface area contributed by atoms with Crippen molar-refractivity contribution >= 4 is 11.8 Å². The second kappa shape index (κ2) is 30.5. The lowest BCUT2D eigenvalue weighted by atomic mass is 9.92. The van der Waals surface area contributed by atoms with Crippen molar-refractivity contribution in [1.29, 1.82) is 0 Å². The van der Waals surface area contributed by atoms with Crippen LogP contribution in [-0.2, 0) is 47.5 Å². The molecule has 2 unspecified atom stereocenters. The van der Waals surface area contributed by atoms with Crippen LogP contribution in [0.1, 0.15) is 26.7 Å². The highest BCUT2D eigenvalue weighted by atomic mass is 16.6. The van der Waals surface area contributed by atoms with Gasteiger partial charge in [-0.2, -0.15) is 0 Å². The topological polar surface area (TPSA) is 160 Å². The first kappa shape index (κ1) is 38.6. The number of nitrogens with one attached hydrogen (secondary N) is 2. The zero-order chi connectivity index (χ0) is 29.5. The maximum atomic E-state index is 12.4. The summed E-state index contributed by atoms with van der Waals surface area (Å²) in [7, 11) is 1.64. The average molecular weight is 583 g/mol. The Labute approximate surface area is 240 Å². The summed E-state index contributed by atoms with van der Waals surface area (Å²) in [4.78, 5) is 24.4. The van der Waals surface area contributed by atoms with Crippen molar-refractivity contribution in [3.63, 3.8) is 0 Å². The molecule has 0 radical (unpaired) electrons. The summed E-state index contributed by atoms with van der Waals surface area (Å²) in [6.45, 7) is 13.0. The Morgan fingerprint density at radius 2 is 0.975 bits per heavy atom. The highest BCUT2D eigenvalue weighted by molar-refractivity contribution is 5.81. The first-order chi connectivity index (χ1) is 19.6. The molecule has 0 aromatic rings. The first-order valence-corrected chi connectivity index (χ1v) is 14.4. The Morgan fingerprint density at radius 1 is 0.600 bits per heavy atom. The molecule has 0 heterocycles. The number of hydrogen-bond acceptors (Lipinski definition) is 10. The van der Waals surface area contributed by atoms with Crippen molar-refractivity contribution in [3.05, 3.63) is 0 Å². The molecule has 238 valence electrons. The largest absolute Gasteiger partial charge is 0.382 e. The van der Waals surface area contributed by atoms with Gasteiger partial charge in [-0.1, -0.05) is 13.8 Å². The van der Waals surface area contributed by atoms with Crippen molar-refractivity contribution in [2.24, 2.45) is 11.8 Å². The Balaban J connectivity index is 3.39. The third kappa shape index (κ3) is 25.5. The molecule has 0 fully saturated rings. The fraction of sp³-hybridized carbons (Fsp3) is 0.926. The fourth-order valence-corrected chi connectivity index (χ4v) is 3.33. The third-order valence-corrected chi connectivity index (χ3v) is 5.63. The molecule has 13 heteroatoms. The van der Waals surface area contributed by atoms with Crippen LogP contribution in [0.2, 0.25) is 0 Å². The molecule has 0 aromatic carbocycles. The van der Waals surface area contributed by atoms with Gasteiger partial charge in [0.25, 0.3) is 0 Å². The van der Waals surface area contributed by atoms with Crippen LogP contribution < -0.4 is 16.4 Å². The van der Waals surface area contributed by atoms with E-state index in [0.717, 1.165) is 0 Å². The third-order valence-electron chi connectivity index (χ3n) is 5.63. The molecule has 0 saturated heterocycles. The minimum absolute atomic E-state index is 0.0345. The molecule has 0 aromatic heterocycles. The lowest BCUT2D eigenvalue weighted by molar-refractivity contribution is -0.364. The SMILES string of the molecule is CCC(CC(C)C(=O)NCC[NH3+])C(=O)NCCOCCOCCOCCOCCOCCOCCOCCOC. The van der Waals surface area contributed by atoms with Gasteiger partial charge in [0.15, 0.2) is 0 Å². The van der Waals surface area contributed by atoms with Crippen LogP contribution in [0.4, 0.5) is 0 Å². The van der Waals surface area contributed by atoms with E-state index in [1.165, 1.54) is 0 Å². The molecule has 0 rings (SSSR count). The van der Waals surface area contributed by atoms with E-state index in [9.17, 15) is 9.59 Å². The van der Waals surface area contributed by atoms with Crippen LogP contribution in [0.25, 0.3) is 0 Å². The minimum atomic E-state index is -0.217. The van der Waals surface area contributed by atoms with Gasteiger partial charge in [0.2, 0.25) is 11.8 Å². The van der Waals surface area contributed by atoms with E-state index in [1.54, 1.807) is 7.11 Å². The lowest BCUT2D eigenvalue weighted by Gasteiger charge is -2.19. The van der Waals surface area contributed by atoms with Crippen molar-refractivity contribution in [2.45, 2.75) is 26.7 Å². The van der Waals surface area contributed by atoms with E-state index in [4.69, 9.17) is 37.9 Å². The van der Waals surface area contributed by atoms with E-state index in [2.05, 4.69) is 16.4 Å². The molecule has 0 aliphatic heterocycles. The van der Waals surface area contributed by atoms with Crippen LogP contribution >= 0.6 is 0 Å². The maximum Gasteiger partial charge on any atom is 0.223 e. The Kier molecular flexibility index (Phi) is 29.5. The average Bonchev–Trinajstić information content (AvgIpc) is 2.96. The van der Waals surface area contributed by atoms with Crippen molar-refractivity contribution in [1.82, 2.24) is 10.6 Å². The smallest absolute Gasteiger partial charge is 0.223 e. The van der Waals surface area contributed by atoms with Crippen LogP contribution in [0, 0.1) is 11.8 Å². The van der Waals surface area contributed by atoms with Gasteiger partial charge in [0, 0.05) is 25.5 Å². The number of rotatable bonds is 31. The molecule has 2 atom stereocenters. The molecule has 2 amide bonds. The summed E-state index contributed by atoms with van der Waals surface area (Å²) in [5, 5.41) is 5.71. The summed E-state index contributed by atoms with van der Waals surface area (Å²) in [6.07, 6.45) is 1.20. The highest BCUT2D eigenvalue weighted by Crippen LogP contribution is 2.16. The summed E-state index contributed by atoms with van der Waals surface area (Å²) >= 11 is 0. The van der Waals surface area contributed by atoms with E-state index in [1.807, 2.05) is 13.8 Å². The summed E-state index contributed by atoms with van der Waals surface area (Å²) < 4.78 is 42.9. The minimum Gasteiger partial charge on any atom is -0.382 e. The number of carbonyl (C=O) groups is 2. The maximum absolute atomic E-state index is 12.4. The molecule has 5 N–H and O–H groups in total. The first-order valence-electron chi connectivity index (χ1n) is 14.4. The van der Waals surface area contributed by atoms with Crippen LogP contribution in [0.5, 0.6) is 0 Å². The van der Waals surface area contributed by atoms with Gasteiger partial charge in [0.1, 0.15) is 0 Å². The molecule has 0 spiro atoms. The van der Waals surface area contributed by atoms with Gasteiger partial charge >= 0.3 is 0 Å². The number of quaternary nitrogens is 1. The van der Waals surface area contributed by atoms with E-state index >= 15 is 0 Å². The van der Waals surface area contributed by atoms with Crippen molar-refractivity contribution in [3.8, 4) is 0 Å². The molecule has 40 heavy (non-hydrogen) atoms. The summed E-state index contributed by atoms with van der Waals surface area (Å²) in [5.74, 6) is -0.497. The fourth-order valence-electron chi connectivity index (χ4n) is 3.33. The lowest BCUT2D eigenvalue weighted by Crippen LogP contribution is -2.55. The molecule has 13 nitrogen and oxygen atoms in total.